The van der Waals surface area contributed by atoms with E-state index in [0.717, 1.165) is 0 Å². The fourth-order valence-corrected chi connectivity index (χ4v) is 1.82. The van der Waals surface area contributed by atoms with E-state index in [9.17, 15) is 9.59 Å². The molecule has 1 atom stereocenters. The Labute approximate surface area is 99.2 Å². The lowest BCUT2D eigenvalue weighted by Crippen LogP contribution is -2.42. The van der Waals surface area contributed by atoms with Crippen molar-refractivity contribution >= 4 is 23.6 Å². The molecule has 0 aromatic carbocycles. The van der Waals surface area contributed by atoms with Crippen molar-refractivity contribution in [3.05, 3.63) is 12.2 Å². The number of thioether (sulfide) groups is 1. The van der Waals surface area contributed by atoms with Crippen LogP contribution in [0.1, 0.15) is 6.92 Å². The number of ether oxygens (including phenoxy) is 1. The highest BCUT2D eigenvalue weighted by atomic mass is 32.2. The van der Waals surface area contributed by atoms with Crippen molar-refractivity contribution in [3.8, 4) is 0 Å². The van der Waals surface area contributed by atoms with Crippen LogP contribution < -0.4 is 5.32 Å². The molecule has 0 fully saturated rings. The van der Waals surface area contributed by atoms with E-state index >= 15 is 0 Å². The molecule has 0 saturated carbocycles. The molecule has 5 nitrogen and oxygen atoms in total. The summed E-state index contributed by atoms with van der Waals surface area (Å²) in [5.74, 6) is 0.408. The van der Waals surface area contributed by atoms with E-state index in [-0.39, 0.29) is 12.5 Å². The summed E-state index contributed by atoms with van der Waals surface area (Å²) in [6, 6.07) is -0.616. The van der Waals surface area contributed by atoms with Crippen LogP contribution in [0.25, 0.3) is 0 Å². The van der Waals surface area contributed by atoms with Crippen LogP contribution >= 0.6 is 11.8 Å². The molecule has 0 aliphatic carbocycles. The number of carbonyl (C=O) groups is 2. The molecule has 16 heavy (non-hydrogen) atoms. The van der Waals surface area contributed by atoms with E-state index in [1.807, 2.05) is 0 Å². The van der Waals surface area contributed by atoms with E-state index in [1.54, 1.807) is 12.2 Å². The average Bonchev–Trinajstić information content (AvgIpc) is 2.25. The predicted octanol–water partition coefficient (Wildman–Crippen LogP) is -0.0542. The molecule has 0 rings (SSSR count). The lowest BCUT2D eigenvalue weighted by Gasteiger charge is -2.14. The molecular weight excluding hydrogens is 230 g/mol. The monoisotopic (exact) mass is 247 g/mol. The predicted molar refractivity (Wildman–Crippen MR) is 63.2 cm³/mol. The lowest BCUT2D eigenvalue weighted by atomic mass is 10.3. The van der Waals surface area contributed by atoms with Crippen LogP contribution in [0.5, 0.6) is 0 Å². The summed E-state index contributed by atoms with van der Waals surface area (Å²) in [7, 11) is 1.29. The van der Waals surface area contributed by atoms with Gasteiger partial charge in [0.25, 0.3) is 0 Å². The number of carbonyl (C=O) groups excluding carboxylic acids is 2. The Morgan fingerprint density at radius 1 is 1.50 bits per heavy atom. The molecule has 0 bridgehead atoms. The number of aliphatic hydroxyl groups is 1. The van der Waals surface area contributed by atoms with Gasteiger partial charge in [-0.15, -0.1) is 0 Å². The largest absolute Gasteiger partial charge is 0.467 e. The van der Waals surface area contributed by atoms with E-state index < -0.39 is 12.0 Å². The van der Waals surface area contributed by atoms with Gasteiger partial charge in [-0.1, -0.05) is 12.2 Å². The maximum Gasteiger partial charge on any atom is 0.329 e. The fourth-order valence-electron chi connectivity index (χ4n) is 0.953. The van der Waals surface area contributed by atoms with Gasteiger partial charge in [0.15, 0.2) is 0 Å². The minimum absolute atomic E-state index is 0.00663. The van der Waals surface area contributed by atoms with Crippen LogP contribution in [-0.2, 0) is 14.3 Å². The summed E-state index contributed by atoms with van der Waals surface area (Å²) in [4.78, 5) is 22.1. The third-order valence-electron chi connectivity index (χ3n) is 1.63. The van der Waals surface area contributed by atoms with E-state index in [2.05, 4.69) is 10.1 Å². The van der Waals surface area contributed by atoms with Crippen molar-refractivity contribution in [1.29, 1.82) is 0 Å². The minimum Gasteiger partial charge on any atom is -0.467 e. The van der Waals surface area contributed by atoms with Crippen molar-refractivity contribution in [2.75, 3.05) is 25.2 Å². The lowest BCUT2D eigenvalue weighted by molar-refractivity contribution is -0.144. The summed E-state index contributed by atoms with van der Waals surface area (Å²) >= 11 is 1.47. The fraction of sp³-hybridized carbons (Fsp3) is 0.600. The summed E-state index contributed by atoms with van der Waals surface area (Å²) in [5.41, 5.74) is 0. The first-order chi connectivity index (χ1) is 7.61. The Kier molecular flexibility index (Phi) is 8.65. The molecule has 92 valence electrons. The highest BCUT2D eigenvalue weighted by Gasteiger charge is 2.19. The van der Waals surface area contributed by atoms with Gasteiger partial charge >= 0.3 is 5.97 Å². The highest BCUT2D eigenvalue weighted by Crippen LogP contribution is 2.04. The molecule has 6 heteroatoms. The molecule has 0 aromatic heterocycles. The zero-order valence-corrected chi connectivity index (χ0v) is 10.3. The maximum atomic E-state index is 11.3. The second kappa shape index (κ2) is 9.23. The number of hydrogen-bond acceptors (Lipinski definition) is 5. The van der Waals surface area contributed by atoms with Crippen molar-refractivity contribution < 1.29 is 19.4 Å². The molecule has 0 radical (unpaired) electrons. The van der Waals surface area contributed by atoms with Gasteiger partial charge in [-0.25, -0.2) is 4.79 Å². The Bertz CT molecular complexity index is 255. The van der Waals surface area contributed by atoms with E-state index in [0.29, 0.717) is 11.5 Å². The Hall–Kier alpha value is -1.01. The SMILES string of the molecule is COC(=O)C(CSCC=CCO)NC(C)=O. The van der Waals surface area contributed by atoms with Crippen LogP contribution in [-0.4, -0.2) is 48.2 Å². The van der Waals surface area contributed by atoms with Crippen LogP contribution in [0.4, 0.5) is 0 Å². The summed E-state index contributed by atoms with van der Waals surface area (Å²) in [6.45, 7) is 1.36. The molecule has 2 N–H and O–H groups in total. The summed E-state index contributed by atoms with van der Waals surface area (Å²) < 4.78 is 4.57. The number of aliphatic hydroxyl groups excluding tert-OH is 1. The quantitative estimate of drug-likeness (QED) is 0.375. The number of hydrogen-bond donors (Lipinski definition) is 2. The topological polar surface area (TPSA) is 75.6 Å². The Morgan fingerprint density at radius 2 is 2.19 bits per heavy atom. The van der Waals surface area contributed by atoms with E-state index in [1.165, 1.54) is 25.8 Å². The van der Waals surface area contributed by atoms with Crippen molar-refractivity contribution in [3.63, 3.8) is 0 Å². The van der Waals surface area contributed by atoms with Gasteiger partial charge in [-0.2, -0.15) is 11.8 Å². The zero-order valence-electron chi connectivity index (χ0n) is 9.43. The van der Waals surface area contributed by atoms with Gasteiger partial charge in [0.1, 0.15) is 6.04 Å². The van der Waals surface area contributed by atoms with Crippen molar-refractivity contribution in [2.45, 2.75) is 13.0 Å². The first-order valence-electron chi connectivity index (χ1n) is 4.80. The Morgan fingerprint density at radius 3 is 2.69 bits per heavy atom. The molecule has 0 heterocycles. The third kappa shape index (κ3) is 7.30. The molecule has 0 saturated heterocycles. The van der Waals surface area contributed by atoms with Crippen LogP contribution in [0, 0.1) is 0 Å². The number of nitrogens with one attached hydrogen (secondary N) is 1. The number of amides is 1. The molecule has 1 unspecified atom stereocenters. The molecular formula is C10H17NO4S. The molecule has 0 aromatic rings. The molecule has 1 amide bonds. The molecule has 0 aliphatic rings. The van der Waals surface area contributed by atoms with Gasteiger partial charge < -0.3 is 15.2 Å². The first kappa shape index (κ1) is 15.0. The van der Waals surface area contributed by atoms with Gasteiger partial charge in [0, 0.05) is 18.4 Å². The first-order valence-corrected chi connectivity index (χ1v) is 5.95. The van der Waals surface area contributed by atoms with Crippen molar-refractivity contribution in [1.82, 2.24) is 5.32 Å². The van der Waals surface area contributed by atoms with Gasteiger partial charge in [-0.3, -0.25) is 4.79 Å². The average molecular weight is 247 g/mol. The number of rotatable bonds is 7. The van der Waals surface area contributed by atoms with Crippen LogP contribution in [0.3, 0.4) is 0 Å². The Balaban J connectivity index is 3.97. The molecule has 0 spiro atoms. The minimum atomic E-state index is -0.616. The standard InChI is InChI=1S/C10H17NO4S/c1-8(13)11-9(10(14)15-2)7-16-6-4-3-5-12/h3-4,9,12H,5-7H2,1-2H3,(H,11,13). The van der Waals surface area contributed by atoms with E-state index in [4.69, 9.17) is 5.11 Å². The van der Waals surface area contributed by atoms with Crippen LogP contribution in [0.15, 0.2) is 12.2 Å². The van der Waals surface area contributed by atoms with Gasteiger partial charge in [0.05, 0.1) is 13.7 Å². The normalized spacial score (nSPS) is 12.4. The second-order valence-electron chi connectivity index (χ2n) is 2.97. The van der Waals surface area contributed by atoms with Gasteiger partial charge in [0.2, 0.25) is 5.91 Å². The second-order valence-corrected chi connectivity index (χ2v) is 4.04. The summed E-state index contributed by atoms with van der Waals surface area (Å²) in [6.07, 6.45) is 3.42. The highest BCUT2D eigenvalue weighted by molar-refractivity contribution is 7.99. The smallest absolute Gasteiger partial charge is 0.329 e. The summed E-state index contributed by atoms with van der Waals surface area (Å²) in [5, 5.41) is 11.0. The maximum absolute atomic E-state index is 11.3. The van der Waals surface area contributed by atoms with Crippen LogP contribution in [0.2, 0.25) is 0 Å². The number of esters is 1. The zero-order chi connectivity index (χ0) is 12.4. The third-order valence-corrected chi connectivity index (χ3v) is 2.63. The molecule has 0 aliphatic heterocycles. The van der Waals surface area contributed by atoms with Gasteiger partial charge in [-0.05, 0) is 0 Å². The van der Waals surface area contributed by atoms with Crippen molar-refractivity contribution in [2.24, 2.45) is 0 Å². The number of methoxy groups -OCH3 is 1.